The summed E-state index contributed by atoms with van der Waals surface area (Å²) < 4.78 is 5.53. The van der Waals surface area contributed by atoms with Crippen LogP contribution in [-0.4, -0.2) is 71.1 Å². The van der Waals surface area contributed by atoms with Gasteiger partial charge in [0, 0.05) is 6.54 Å². The molecule has 2 aliphatic carbocycles. The second kappa shape index (κ2) is 14.0. The van der Waals surface area contributed by atoms with Crippen LogP contribution >= 0.6 is 0 Å². The Morgan fingerprint density at radius 1 is 1.02 bits per heavy atom. The monoisotopic (exact) mass is 653 g/mol. The molecule has 0 radical (unpaired) electrons. The smallest absolute Gasteiger partial charge is 0.329 e. The maximum Gasteiger partial charge on any atom is 0.329 e. The molecule has 1 aromatic carbocycles. The maximum absolute atomic E-state index is 14.3. The number of nitrogens with zero attached hydrogens (tertiary/aromatic N) is 1. The highest BCUT2D eigenvalue weighted by atomic mass is 16.5. The number of hydrogen-bond acceptors (Lipinski definition) is 7. The van der Waals surface area contributed by atoms with Crippen molar-refractivity contribution in [1.29, 1.82) is 0 Å². The van der Waals surface area contributed by atoms with E-state index < -0.39 is 65.1 Å². The number of ether oxygens (including phenoxy) is 1. The number of piperidine rings is 1. The predicted molar refractivity (Wildman–Crippen MR) is 174 cm³/mol. The number of likely N-dealkylation sites (tertiary alicyclic amines) is 1. The van der Waals surface area contributed by atoms with Gasteiger partial charge in [-0.3, -0.25) is 19.2 Å². The third kappa shape index (κ3) is 7.79. The first-order valence-electron chi connectivity index (χ1n) is 16.7. The minimum absolute atomic E-state index is 0.0554. The molecule has 0 spiro atoms. The number of carbonyl (C=O) groups is 6. The molecule has 7 atom stereocenters. The number of esters is 1. The summed E-state index contributed by atoms with van der Waals surface area (Å²) >= 11 is 0. The first-order chi connectivity index (χ1) is 22.0. The second-order valence-electron chi connectivity index (χ2n) is 15.2. The molecule has 3 fully saturated rings. The van der Waals surface area contributed by atoms with Crippen LogP contribution in [0.2, 0.25) is 0 Å². The van der Waals surface area contributed by atoms with Gasteiger partial charge in [0.05, 0.1) is 0 Å². The van der Waals surface area contributed by atoms with E-state index in [1.54, 1.807) is 0 Å². The zero-order valence-electron chi connectivity index (χ0n) is 28.6. The first kappa shape index (κ1) is 35.9. The van der Waals surface area contributed by atoms with Crippen LogP contribution in [0.25, 0.3) is 0 Å². The van der Waals surface area contributed by atoms with E-state index in [0.717, 1.165) is 12.0 Å². The number of primary amides is 1. The van der Waals surface area contributed by atoms with Crippen molar-refractivity contribution in [1.82, 2.24) is 20.9 Å². The van der Waals surface area contributed by atoms with E-state index in [0.29, 0.717) is 25.8 Å². The van der Waals surface area contributed by atoms with Crippen LogP contribution in [0.5, 0.6) is 0 Å². The van der Waals surface area contributed by atoms with Crippen molar-refractivity contribution in [3.05, 3.63) is 35.9 Å². The van der Waals surface area contributed by atoms with Crippen LogP contribution in [-0.2, 0) is 35.3 Å². The highest BCUT2D eigenvalue weighted by Crippen LogP contribution is 2.65. The molecule has 258 valence electrons. The van der Waals surface area contributed by atoms with Gasteiger partial charge in [0.25, 0.3) is 5.91 Å². The van der Waals surface area contributed by atoms with Gasteiger partial charge in [-0.15, -0.1) is 0 Å². The normalized spacial score (nSPS) is 24.0. The minimum atomic E-state index is -1.10. The molecule has 1 unspecified atom stereocenters. The summed E-state index contributed by atoms with van der Waals surface area (Å²) in [6.07, 6.45) is 2.86. The summed E-state index contributed by atoms with van der Waals surface area (Å²) in [5.41, 5.74) is 5.16. The summed E-state index contributed by atoms with van der Waals surface area (Å²) in [4.78, 5) is 80.7. The molecular formula is C35H51N5O7. The number of hydrogen-bond donors (Lipinski definition) is 4. The average molecular weight is 654 g/mol. The molecule has 1 aliphatic heterocycles. The topological polar surface area (TPSA) is 177 Å². The van der Waals surface area contributed by atoms with Crippen molar-refractivity contribution in [2.45, 2.75) is 105 Å². The molecule has 0 aromatic heterocycles. The van der Waals surface area contributed by atoms with Crippen LogP contribution < -0.4 is 21.7 Å². The molecule has 12 nitrogen and oxygen atoms in total. The van der Waals surface area contributed by atoms with E-state index in [1.165, 1.54) is 4.90 Å². The SMILES string of the molecule is CC[C@H](C)[C@H](NC(=O)N[C@H](C(=O)N1C[C@H]2[C@@H]([C@H]1C(=O)NC(C(=O)C(N)=O)C1CCC1)C2(C)C)C(C)(C)C)C(=O)OCc1ccccc1. The summed E-state index contributed by atoms with van der Waals surface area (Å²) in [7, 11) is 0. The van der Waals surface area contributed by atoms with E-state index in [9.17, 15) is 28.8 Å². The number of fused-ring (bicyclic) bond motifs is 1. The van der Waals surface area contributed by atoms with E-state index >= 15 is 0 Å². The first-order valence-corrected chi connectivity index (χ1v) is 16.7. The van der Waals surface area contributed by atoms with E-state index in [1.807, 2.05) is 78.8 Å². The highest BCUT2D eigenvalue weighted by molar-refractivity contribution is 6.38. The largest absolute Gasteiger partial charge is 0.459 e. The Morgan fingerprint density at radius 2 is 1.66 bits per heavy atom. The van der Waals surface area contributed by atoms with Crippen molar-refractivity contribution in [3.63, 3.8) is 0 Å². The average Bonchev–Trinajstić information content (AvgIpc) is 3.30. The van der Waals surface area contributed by atoms with Crippen LogP contribution in [0, 0.1) is 34.5 Å². The van der Waals surface area contributed by atoms with Gasteiger partial charge in [0.15, 0.2) is 0 Å². The van der Waals surface area contributed by atoms with Gasteiger partial charge in [-0.25, -0.2) is 9.59 Å². The number of Topliss-reactive ketones (excluding diaryl/α,β-unsaturated/α-hetero) is 1. The number of rotatable bonds is 13. The molecule has 0 bridgehead atoms. The number of urea groups is 1. The van der Waals surface area contributed by atoms with Crippen molar-refractivity contribution in [2.75, 3.05) is 6.54 Å². The number of nitrogens with one attached hydrogen (secondary N) is 3. The predicted octanol–water partition coefficient (Wildman–Crippen LogP) is 2.68. The molecule has 1 heterocycles. The van der Waals surface area contributed by atoms with Gasteiger partial charge in [-0.05, 0) is 52.9 Å². The molecule has 5 amide bonds. The lowest BCUT2D eigenvalue weighted by Gasteiger charge is -2.39. The Hall–Kier alpha value is -3.96. The lowest BCUT2D eigenvalue weighted by atomic mass is 9.78. The Labute approximate surface area is 277 Å². The number of amides is 5. The number of ketones is 1. The van der Waals surface area contributed by atoms with Crippen molar-refractivity contribution < 1.29 is 33.5 Å². The third-order valence-electron chi connectivity index (χ3n) is 10.6. The number of carbonyl (C=O) groups excluding carboxylic acids is 6. The summed E-state index contributed by atoms with van der Waals surface area (Å²) in [5.74, 6) is -3.99. The minimum Gasteiger partial charge on any atom is -0.459 e. The second-order valence-corrected chi connectivity index (χ2v) is 15.2. The third-order valence-corrected chi connectivity index (χ3v) is 10.6. The quantitative estimate of drug-likeness (QED) is 0.187. The van der Waals surface area contributed by atoms with Crippen molar-refractivity contribution in [3.8, 4) is 0 Å². The molecule has 47 heavy (non-hydrogen) atoms. The molecular weight excluding hydrogens is 602 g/mol. The van der Waals surface area contributed by atoms with Crippen LogP contribution in [0.1, 0.15) is 79.7 Å². The lowest BCUT2D eigenvalue weighted by Crippen LogP contribution is -2.63. The Balaban J connectivity index is 1.50. The summed E-state index contributed by atoms with van der Waals surface area (Å²) in [6.45, 7) is 13.6. The fourth-order valence-corrected chi connectivity index (χ4v) is 6.99. The standard InChI is InChI=1S/C35H51N5O7/c1-8-19(2)24(32(45)47-18-20-13-10-9-11-14-20)38-33(46)39-28(34(3,4)5)31(44)40-17-22-23(35(22,6)7)26(40)30(43)37-25(21-15-12-16-21)27(41)29(36)42/h9-11,13-14,19,21-26,28H,8,12,15-18H2,1-7H3,(H2,36,42)(H,37,43)(H2,38,39,46)/t19-,22-,23-,24-,25?,26-,28+/m0/s1. The van der Waals surface area contributed by atoms with Gasteiger partial charge in [-0.2, -0.15) is 0 Å². The van der Waals surface area contributed by atoms with Gasteiger partial charge >= 0.3 is 12.0 Å². The molecule has 5 N–H and O–H groups in total. The lowest BCUT2D eigenvalue weighted by molar-refractivity contribution is -0.148. The van der Waals surface area contributed by atoms with Crippen molar-refractivity contribution in [2.24, 2.45) is 40.2 Å². The zero-order chi connectivity index (χ0) is 34.8. The van der Waals surface area contributed by atoms with E-state index in [2.05, 4.69) is 16.0 Å². The fraction of sp³-hybridized carbons (Fsp3) is 0.657. The zero-order valence-corrected chi connectivity index (χ0v) is 28.6. The fourth-order valence-electron chi connectivity index (χ4n) is 6.99. The summed E-state index contributed by atoms with van der Waals surface area (Å²) in [5, 5.41) is 8.32. The van der Waals surface area contributed by atoms with E-state index in [-0.39, 0.29) is 35.7 Å². The van der Waals surface area contributed by atoms with Crippen LogP contribution in [0.15, 0.2) is 30.3 Å². The molecule has 1 aromatic rings. The molecule has 4 rings (SSSR count). The van der Waals surface area contributed by atoms with Gasteiger partial charge in [0.1, 0.15) is 30.8 Å². The maximum atomic E-state index is 14.3. The Kier molecular flexibility index (Phi) is 10.7. The van der Waals surface area contributed by atoms with E-state index in [4.69, 9.17) is 10.5 Å². The van der Waals surface area contributed by atoms with Crippen molar-refractivity contribution >= 4 is 35.5 Å². The van der Waals surface area contributed by atoms with Crippen LogP contribution in [0.4, 0.5) is 4.79 Å². The highest BCUT2D eigenvalue weighted by Gasteiger charge is 2.70. The van der Waals surface area contributed by atoms with Gasteiger partial charge < -0.3 is 31.3 Å². The molecule has 2 saturated carbocycles. The molecule has 12 heteroatoms. The Morgan fingerprint density at radius 3 is 2.19 bits per heavy atom. The summed E-state index contributed by atoms with van der Waals surface area (Å²) in [6, 6.07) is 4.60. The molecule has 3 aliphatic rings. The number of benzene rings is 1. The van der Waals surface area contributed by atoms with Gasteiger partial charge in [0.2, 0.25) is 17.6 Å². The number of nitrogens with two attached hydrogens (primary N) is 1. The Bertz CT molecular complexity index is 1370. The van der Waals surface area contributed by atoms with Crippen LogP contribution in [0.3, 0.4) is 0 Å². The molecule has 1 saturated heterocycles. The van der Waals surface area contributed by atoms with Gasteiger partial charge in [-0.1, -0.05) is 91.6 Å².